The Morgan fingerprint density at radius 2 is 1.81 bits per heavy atom. The monoisotopic (exact) mass is 423 g/mol. The minimum absolute atomic E-state index is 0.0555. The molecular formula is C25H33N3O3. The minimum atomic E-state index is -0.160. The molecule has 3 rings (SSSR count). The summed E-state index contributed by atoms with van der Waals surface area (Å²) in [7, 11) is 0. The van der Waals surface area contributed by atoms with Crippen molar-refractivity contribution in [3.63, 3.8) is 0 Å². The molecule has 1 aliphatic rings. The third-order valence-electron chi connectivity index (χ3n) is 5.52. The highest BCUT2D eigenvalue weighted by molar-refractivity contribution is 5.96. The molecule has 2 amide bonds. The third kappa shape index (κ3) is 7.02. The molecular weight excluding hydrogens is 390 g/mol. The maximum Gasteiger partial charge on any atom is 0.253 e. The molecule has 31 heavy (non-hydrogen) atoms. The number of ether oxygens (including phenoxy) is 1. The average molecular weight is 424 g/mol. The van der Waals surface area contributed by atoms with Gasteiger partial charge in [-0.15, -0.1) is 0 Å². The fourth-order valence-corrected chi connectivity index (χ4v) is 3.54. The van der Waals surface area contributed by atoms with Gasteiger partial charge in [-0.25, -0.2) is 0 Å². The Labute approximate surface area is 185 Å². The molecule has 0 aliphatic carbocycles. The van der Waals surface area contributed by atoms with E-state index in [1.54, 1.807) is 0 Å². The van der Waals surface area contributed by atoms with Crippen molar-refractivity contribution in [2.24, 2.45) is 5.92 Å². The molecule has 1 saturated heterocycles. The van der Waals surface area contributed by atoms with Crippen molar-refractivity contribution in [2.45, 2.75) is 39.5 Å². The van der Waals surface area contributed by atoms with Gasteiger partial charge in [-0.2, -0.15) is 0 Å². The molecule has 0 atom stereocenters. The van der Waals surface area contributed by atoms with E-state index in [1.165, 1.54) is 0 Å². The first-order valence-corrected chi connectivity index (χ1v) is 11.2. The number of carbonyl (C=O) groups is 2. The second-order valence-electron chi connectivity index (χ2n) is 8.19. The summed E-state index contributed by atoms with van der Waals surface area (Å²) in [5.41, 5.74) is 2.10. The van der Waals surface area contributed by atoms with Crippen LogP contribution in [0.15, 0.2) is 48.5 Å². The first kappa shape index (κ1) is 22.7. The van der Waals surface area contributed by atoms with E-state index in [2.05, 4.69) is 24.5 Å². The van der Waals surface area contributed by atoms with Crippen LogP contribution in [0.1, 0.15) is 49.9 Å². The largest absolute Gasteiger partial charge is 0.494 e. The standard InChI is InChI=1S/C25H33N3O3/c1-3-4-15-31-23-10-6-9-22(17-23)27-24(29)18-26-21-8-5-7-20(16-21)25(30)28-13-11-19(2)12-14-28/h5-10,16-17,19,26H,3-4,11-15,18H2,1-2H3,(H,27,29). The summed E-state index contributed by atoms with van der Waals surface area (Å²) in [6.45, 7) is 6.74. The maximum atomic E-state index is 12.8. The Bertz CT molecular complexity index is 876. The van der Waals surface area contributed by atoms with Crippen molar-refractivity contribution in [1.29, 1.82) is 0 Å². The summed E-state index contributed by atoms with van der Waals surface area (Å²) in [5, 5.41) is 5.99. The second-order valence-corrected chi connectivity index (χ2v) is 8.19. The normalized spacial score (nSPS) is 14.2. The summed E-state index contributed by atoms with van der Waals surface area (Å²) in [6, 6.07) is 14.8. The predicted molar refractivity (Wildman–Crippen MR) is 125 cm³/mol. The summed E-state index contributed by atoms with van der Waals surface area (Å²) < 4.78 is 5.69. The number of hydrogen-bond acceptors (Lipinski definition) is 4. The van der Waals surface area contributed by atoms with Gasteiger partial charge in [0.25, 0.3) is 5.91 Å². The molecule has 6 nitrogen and oxygen atoms in total. The topological polar surface area (TPSA) is 70.7 Å². The van der Waals surface area contributed by atoms with Gasteiger partial charge in [-0.1, -0.05) is 32.4 Å². The zero-order chi connectivity index (χ0) is 22.1. The molecule has 2 aromatic rings. The lowest BCUT2D eigenvalue weighted by Crippen LogP contribution is -2.37. The summed E-state index contributed by atoms with van der Waals surface area (Å²) >= 11 is 0. The van der Waals surface area contributed by atoms with Crippen LogP contribution in [0, 0.1) is 5.92 Å². The second kappa shape index (κ2) is 11.4. The van der Waals surface area contributed by atoms with Crippen LogP contribution in [0.25, 0.3) is 0 Å². The van der Waals surface area contributed by atoms with E-state index in [-0.39, 0.29) is 18.4 Å². The number of amides is 2. The summed E-state index contributed by atoms with van der Waals surface area (Å²) in [4.78, 5) is 27.1. The fraction of sp³-hybridized carbons (Fsp3) is 0.440. The van der Waals surface area contributed by atoms with Gasteiger partial charge in [0.1, 0.15) is 5.75 Å². The number of nitrogens with zero attached hydrogens (tertiary/aromatic N) is 1. The van der Waals surface area contributed by atoms with Gasteiger partial charge in [0.05, 0.1) is 13.2 Å². The Hall–Kier alpha value is -3.02. The van der Waals surface area contributed by atoms with Crippen molar-refractivity contribution in [3.8, 4) is 5.75 Å². The molecule has 2 N–H and O–H groups in total. The lowest BCUT2D eigenvalue weighted by molar-refractivity contribution is -0.114. The van der Waals surface area contributed by atoms with Gasteiger partial charge in [0.15, 0.2) is 0 Å². The Kier molecular flexibility index (Phi) is 8.33. The van der Waals surface area contributed by atoms with Crippen LogP contribution >= 0.6 is 0 Å². The SMILES string of the molecule is CCCCOc1cccc(NC(=O)CNc2cccc(C(=O)N3CCC(C)CC3)c2)c1. The number of nitrogens with one attached hydrogen (secondary N) is 2. The highest BCUT2D eigenvalue weighted by atomic mass is 16.5. The van der Waals surface area contributed by atoms with Crippen LogP contribution < -0.4 is 15.4 Å². The van der Waals surface area contributed by atoms with E-state index in [4.69, 9.17) is 4.74 Å². The molecule has 0 aromatic heterocycles. The highest BCUT2D eigenvalue weighted by Crippen LogP contribution is 2.20. The molecule has 6 heteroatoms. The molecule has 0 bridgehead atoms. The minimum Gasteiger partial charge on any atom is -0.494 e. The van der Waals surface area contributed by atoms with Gasteiger partial charge in [0, 0.05) is 36.1 Å². The summed E-state index contributed by atoms with van der Waals surface area (Å²) in [5.74, 6) is 1.32. The number of carbonyl (C=O) groups excluding carboxylic acids is 2. The van der Waals surface area contributed by atoms with E-state index in [9.17, 15) is 9.59 Å². The molecule has 0 radical (unpaired) electrons. The van der Waals surface area contributed by atoms with Crippen LogP contribution in [-0.2, 0) is 4.79 Å². The van der Waals surface area contributed by atoms with Crippen molar-refractivity contribution in [1.82, 2.24) is 4.90 Å². The van der Waals surface area contributed by atoms with Crippen LogP contribution in [0.2, 0.25) is 0 Å². The van der Waals surface area contributed by atoms with E-state index in [0.29, 0.717) is 23.8 Å². The summed E-state index contributed by atoms with van der Waals surface area (Å²) in [6.07, 6.45) is 4.18. The molecule has 0 saturated carbocycles. The Morgan fingerprint density at radius 1 is 1.06 bits per heavy atom. The Morgan fingerprint density at radius 3 is 2.58 bits per heavy atom. The van der Waals surface area contributed by atoms with Crippen molar-refractivity contribution in [2.75, 3.05) is 36.9 Å². The van der Waals surface area contributed by atoms with Crippen LogP contribution in [0.4, 0.5) is 11.4 Å². The Balaban J connectivity index is 1.51. The van der Waals surface area contributed by atoms with Crippen molar-refractivity contribution >= 4 is 23.2 Å². The van der Waals surface area contributed by atoms with Crippen molar-refractivity contribution < 1.29 is 14.3 Å². The van der Waals surface area contributed by atoms with Crippen LogP contribution in [-0.4, -0.2) is 43.0 Å². The zero-order valence-electron chi connectivity index (χ0n) is 18.5. The number of rotatable bonds is 9. The van der Waals surface area contributed by atoms with E-state index >= 15 is 0 Å². The third-order valence-corrected chi connectivity index (χ3v) is 5.52. The molecule has 0 unspecified atom stereocenters. The number of benzene rings is 2. The quantitative estimate of drug-likeness (QED) is 0.569. The van der Waals surface area contributed by atoms with Crippen LogP contribution in [0.5, 0.6) is 5.75 Å². The molecule has 1 heterocycles. The number of piperidine rings is 1. The molecule has 1 aliphatic heterocycles. The fourth-order valence-electron chi connectivity index (χ4n) is 3.54. The van der Waals surface area contributed by atoms with Gasteiger partial charge >= 0.3 is 0 Å². The number of hydrogen-bond donors (Lipinski definition) is 2. The van der Waals surface area contributed by atoms with Gasteiger partial charge in [-0.3, -0.25) is 9.59 Å². The number of anilines is 2. The molecule has 0 spiro atoms. The predicted octanol–water partition coefficient (Wildman–Crippen LogP) is 4.79. The average Bonchev–Trinajstić information content (AvgIpc) is 2.78. The van der Waals surface area contributed by atoms with Crippen molar-refractivity contribution in [3.05, 3.63) is 54.1 Å². The first-order chi connectivity index (χ1) is 15.0. The lowest BCUT2D eigenvalue weighted by Gasteiger charge is -2.30. The first-order valence-electron chi connectivity index (χ1n) is 11.2. The lowest BCUT2D eigenvalue weighted by atomic mass is 9.98. The van der Waals surface area contributed by atoms with Gasteiger partial charge < -0.3 is 20.3 Å². The molecule has 166 valence electrons. The van der Waals surface area contributed by atoms with Gasteiger partial charge in [0.2, 0.25) is 5.91 Å². The van der Waals surface area contributed by atoms with Crippen LogP contribution in [0.3, 0.4) is 0 Å². The van der Waals surface area contributed by atoms with E-state index < -0.39 is 0 Å². The highest BCUT2D eigenvalue weighted by Gasteiger charge is 2.21. The zero-order valence-corrected chi connectivity index (χ0v) is 18.5. The van der Waals surface area contributed by atoms with Gasteiger partial charge in [-0.05, 0) is 55.5 Å². The smallest absolute Gasteiger partial charge is 0.253 e. The van der Waals surface area contributed by atoms with E-state index in [0.717, 1.165) is 50.2 Å². The maximum absolute atomic E-state index is 12.8. The molecule has 1 fully saturated rings. The van der Waals surface area contributed by atoms with E-state index in [1.807, 2.05) is 53.4 Å². The number of likely N-dealkylation sites (tertiary alicyclic amines) is 1. The molecule has 2 aromatic carbocycles. The number of unbranched alkanes of at least 4 members (excludes halogenated alkanes) is 1.